The smallest absolute Gasteiger partial charge is 0.238 e. The largest absolute Gasteiger partial charge is 0.394 e. The minimum Gasteiger partial charge on any atom is -0.394 e. The minimum atomic E-state index is 0.00372. The van der Waals surface area contributed by atoms with E-state index in [1.807, 2.05) is 42.3 Å². The van der Waals surface area contributed by atoms with Crippen molar-refractivity contribution >= 4 is 5.91 Å². The van der Waals surface area contributed by atoms with Gasteiger partial charge >= 0.3 is 0 Å². The van der Waals surface area contributed by atoms with Gasteiger partial charge in [0.2, 0.25) is 5.91 Å². The molecule has 1 aliphatic rings. The number of rotatable bonds is 4. The van der Waals surface area contributed by atoms with E-state index in [0.717, 1.165) is 12.1 Å². The Hall–Kier alpha value is -1.39. The first-order valence-corrected chi connectivity index (χ1v) is 6.00. The third kappa shape index (κ3) is 2.33. The predicted molar refractivity (Wildman–Crippen MR) is 65.0 cm³/mol. The van der Waals surface area contributed by atoms with E-state index >= 15 is 0 Å². The van der Waals surface area contributed by atoms with Gasteiger partial charge in [-0.1, -0.05) is 37.3 Å². The van der Waals surface area contributed by atoms with E-state index in [1.165, 1.54) is 0 Å². The van der Waals surface area contributed by atoms with Gasteiger partial charge in [0, 0.05) is 13.0 Å². The van der Waals surface area contributed by atoms with Crippen LogP contribution in [0.3, 0.4) is 0 Å². The molecule has 1 heterocycles. The lowest BCUT2D eigenvalue weighted by atomic mass is 10.0. The molecule has 1 aliphatic heterocycles. The molecule has 1 fully saturated rings. The topological polar surface area (TPSA) is 43.8 Å². The third-order valence-corrected chi connectivity index (χ3v) is 3.15. The van der Waals surface area contributed by atoms with E-state index in [-0.39, 0.29) is 18.6 Å². The van der Waals surface area contributed by atoms with Crippen LogP contribution >= 0.6 is 0 Å². The van der Waals surface area contributed by atoms with Crippen LogP contribution in [0, 0.1) is 0 Å². The van der Waals surface area contributed by atoms with Gasteiger partial charge in [0.05, 0.1) is 19.2 Å². The van der Waals surface area contributed by atoms with Gasteiger partial charge in [0.25, 0.3) is 0 Å². The van der Waals surface area contributed by atoms with Crippen LogP contribution in [0.1, 0.15) is 24.9 Å². The number of carbonyl (C=O) groups excluding carboxylic acids is 1. The first-order chi connectivity index (χ1) is 8.27. The summed E-state index contributed by atoms with van der Waals surface area (Å²) in [4.78, 5) is 11.9. The highest BCUT2D eigenvalue weighted by atomic mass is 16.3. The maximum absolute atomic E-state index is 11.9. The van der Waals surface area contributed by atoms with Gasteiger partial charge in [-0.25, -0.2) is 5.01 Å². The standard InChI is InChI=1S/C13H18N2O2/c1-2-14-12(11-6-4-3-5-7-11)10-13(17)15(14)8-9-16/h3-7,12,16H,2,8-10H2,1H3. The number of nitrogens with zero attached hydrogens (tertiary/aromatic N) is 2. The molecule has 92 valence electrons. The quantitative estimate of drug-likeness (QED) is 0.851. The molecule has 1 amide bonds. The van der Waals surface area contributed by atoms with Gasteiger partial charge in [0.1, 0.15) is 0 Å². The lowest BCUT2D eigenvalue weighted by molar-refractivity contribution is -0.139. The summed E-state index contributed by atoms with van der Waals surface area (Å²) in [6.45, 7) is 3.18. The molecule has 0 spiro atoms. The van der Waals surface area contributed by atoms with E-state index in [0.29, 0.717) is 13.0 Å². The molecule has 1 N–H and O–H groups in total. The van der Waals surface area contributed by atoms with Crippen LogP contribution in [-0.2, 0) is 4.79 Å². The van der Waals surface area contributed by atoms with Gasteiger partial charge in [0.15, 0.2) is 0 Å². The molecule has 0 radical (unpaired) electrons. The summed E-state index contributed by atoms with van der Waals surface area (Å²) >= 11 is 0. The number of hydrogen-bond donors (Lipinski definition) is 1. The average molecular weight is 234 g/mol. The van der Waals surface area contributed by atoms with Crippen molar-refractivity contribution in [2.24, 2.45) is 0 Å². The van der Waals surface area contributed by atoms with Crippen molar-refractivity contribution in [3.05, 3.63) is 35.9 Å². The van der Waals surface area contributed by atoms with E-state index in [9.17, 15) is 4.79 Å². The number of benzene rings is 1. The van der Waals surface area contributed by atoms with E-state index in [2.05, 4.69) is 0 Å². The van der Waals surface area contributed by atoms with Crippen molar-refractivity contribution in [1.29, 1.82) is 0 Å². The molecule has 1 saturated heterocycles. The number of hydrazine groups is 1. The predicted octanol–water partition coefficient (Wildman–Crippen LogP) is 1.19. The second-order valence-corrected chi connectivity index (χ2v) is 4.13. The Kier molecular flexibility index (Phi) is 3.76. The van der Waals surface area contributed by atoms with Gasteiger partial charge in [-0.15, -0.1) is 0 Å². The molecule has 1 aromatic carbocycles. The fourth-order valence-corrected chi connectivity index (χ4v) is 2.39. The van der Waals surface area contributed by atoms with E-state index in [4.69, 9.17) is 5.11 Å². The molecule has 4 nitrogen and oxygen atoms in total. The maximum atomic E-state index is 11.9. The van der Waals surface area contributed by atoms with Crippen molar-refractivity contribution in [3.8, 4) is 0 Å². The van der Waals surface area contributed by atoms with Crippen LogP contribution in [0.2, 0.25) is 0 Å². The van der Waals surface area contributed by atoms with Crippen LogP contribution in [0.25, 0.3) is 0 Å². The van der Waals surface area contributed by atoms with Crippen LogP contribution in [0.4, 0.5) is 0 Å². The summed E-state index contributed by atoms with van der Waals surface area (Å²) in [5.74, 6) is 0.0924. The van der Waals surface area contributed by atoms with Crippen LogP contribution < -0.4 is 0 Å². The van der Waals surface area contributed by atoms with Gasteiger partial charge in [-0.2, -0.15) is 0 Å². The number of aliphatic hydroxyl groups excluding tert-OH is 1. The summed E-state index contributed by atoms with van der Waals surface area (Å²) < 4.78 is 0. The molecule has 0 saturated carbocycles. The number of β-amino-alcohol motifs (C(OH)–C–C–N with tert-alkyl or cyclic N) is 1. The highest BCUT2D eigenvalue weighted by Gasteiger charge is 2.36. The monoisotopic (exact) mass is 234 g/mol. The summed E-state index contributed by atoms with van der Waals surface area (Å²) in [7, 11) is 0. The molecule has 17 heavy (non-hydrogen) atoms. The molecule has 0 aromatic heterocycles. The van der Waals surface area contributed by atoms with Gasteiger partial charge in [-0.05, 0) is 5.56 Å². The fraction of sp³-hybridized carbons (Fsp3) is 0.462. The van der Waals surface area contributed by atoms with Crippen molar-refractivity contribution in [3.63, 3.8) is 0 Å². The molecule has 0 aliphatic carbocycles. The Labute approximate surface area is 101 Å². The zero-order chi connectivity index (χ0) is 12.3. The number of amides is 1. The van der Waals surface area contributed by atoms with Crippen LogP contribution in [0.15, 0.2) is 30.3 Å². The van der Waals surface area contributed by atoms with E-state index < -0.39 is 0 Å². The number of carbonyl (C=O) groups is 1. The Morgan fingerprint density at radius 3 is 2.65 bits per heavy atom. The van der Waals surface area contributed by atoms with Gasteiger partial charge in [-0.3, -0.25) is 9.80 Å². The van der Waals surface area contributed by atoms with Crippen molar-refractivity contribution in [2.75, 3.05) is 19.7 Å². The van der Waals surface area contributed by atoms with Crippen LogP contribution in [0.5, 0.6) is 0 Å². The summed E-state index contributed by atoms with van der Waals surface area (Å²) in [6, 6.07) is 10.2. The molecule has 1 unspecified atom stereocenters. The zero-order valence-electron chi connectivity index (χ0n) is 10.0. The maximum Gasteiger partial charge on any atom is 0.238 e. The molecular formula is C13H18N2O2. The molecule has 0 bridgehead atoms. The minimum absolute atomic E-state index is 0.00372. The first-order valence-electron chi connectivity index (χ1n) is 6.00. The lowest BCUT2D eigenvalue weighted by Crippen LogP contribution is -2.41. The molecule has 1 aromatic rings. The highest BCUT2D eigenvalue weighted by molar-refractivity contribution is 5.78. The highest BCUT2D eigenvalue weighted by Crippen LogP contribution is 2.32. The van der Waals surface area contributed by atoms with Crippen molar-refractivity contribution in [1.82, 2.24) is 10.0 Å². The normalized spacial score (nSPS) is 21.2. The molecular weight excluding hydrogens is 216 g/mol. The molecule has 1 atom stereocenters. The SMILES string of the molecule is CCN1C(c2ccccc2)CC(=O)N1CCO. The number of hydrogen-bond acceptors (Lipinski definition) is 3. The second-order valence-electron chi connectivity index (χ2n) is 4.13. The lowest BCUT2D eigenvalue weighted by Gasteiger charge is -2.30. The van der Waals surface area contributed by atoms with E-state index in [1.54, 1.807) is 5.01 Å². The molecule has 4 heteroatoms. The Morgan fingerprint density at radius 2 is 2.06 bits per heavy atom. The zero-order valence-corrected chi connectivity index (χ0v) is 10.0. The van der Waals surface area contributed by atoms with Crippen molar-refractivity contribution in [2.45, 2.75) is 19.4 Å². The summed E-state index contributed by atoms with van der Waals surface area (Å²) in [5, 5.41) is 12.7. The Morgan fingerprint density at radius 1 is 1.35 bits per heavy atom. The summed E-state index contributed by atoms with van der Waals surface area (Å²) in [6.07, 6.45) is 0.498. The Balaban J connectivity index is 2.22. The fourth-order valence-electron chi connectivity index (χ4n) is 2.39. The van der Waals surface area contributed by atoms with Crippen LogP contribution in [-0.4, -0.2) is 40.7 Å². The Bertz CT molecular complexity index is 380. The number of aliphatic hydroxyl groups is 1. The van der Waals surface area contributed by atoms with Crippen molar-refractivity contribution < 1.29 is 9.90 Å². The molecule has 2 rings (SSSR count). The summed E-state index contributed by atoms with van der Waals surface area (Å²) in [5.41, 5.74) is 1.16. The van der Waals surface area contributed by atoms with Gasteiger partial charge < -0.3 is 5.11 Å². The third-order valence-electron chi connectivity index (χ3n) is 3.15. The average Bonchev–Trinajstić information content (AvgIpc) is 2.68. The first kappa shape index (κ1) is 12.1. The second kappa shape index (κ2) is 5.29.